The molecule has 0 radical (unpaired) electrons. The van der Waals surface area contributed by atoms with E-state index >= 15 is 0 Å². The Morgan fingerprint density at radius 2 is 2.21 bits per heavy atom. The van der Waals surface area contributed by atoms with Gasteiger partial charge in [-0.15, -0.1) is 23.1 Å². The molecule has 4 rings (SSSR count). The van der Waals surface area contributed by atoms with Gasteiger partial charge < -0.3 is 0 Å². The highest BCUT2D eigenvalue weighted by Crippen LogP contribution is 2.24. The molecule has 0 spiro atoms. The fourth-order valence-electron chi connectivity index (χ4n) is 2.80. The van der Waals surface area contributed by atoms with Crippen LogP contribution < -0.4 is 9.88 Å². The van der Waals surface area contributed by atoms with Gasteiger partial charge in [-0.05, 0) is 30.9 Å². The molecule has 1 aliphatic carbocycles. The number of thioether (sulfide) groups is 1. The fourth-order valence-corrected chi connectivity index (χ4v) is 4.97. The highest BCUT2D eigenvalue weighted by Gasteiger charge is 2.26. The highest BCUT2D eigenvalue weighted by atomic mass is 32.2. The molecule has 3 heterocycles. The topological polar surface area (TPSA) is 55.2 Å². The third-order valence-electron chi connectivity index (χ3n) is 4.10. The van der Waals surface area contributed by atoms with Crippen LogP contribution in [-0.2, 0) is 11.2 Å². The summed E-state index contributed by atoms with van der Waals surface area (Å²) in [6.07, 6.45) is 11.4. The SMILES string of the molecule is O=C(CCc1cccnc1)C1CSC(c2nc3c(s2)=CCCC=3)=N1. The van der Waals surface area contributed by atoms with Crippen molar-refractivity contribution >= 4 is 46.1 Å². The van der Waals surface area contributed by atoms with Crippen molar-refractivity contribution in [1.29, 1.82) is 0 Å². The number of nitrogens with zero attached hydrogens (tertiary/aromatic N) is 3. The number of ketones is 1. The number of Topliss-reactive ketones (excluding diaryl/α,β-unsaturated/α-hetero) is 1. The number of hydrogen-bond donors (Lipinski definition) is 0. The third-order valence-corrected chi connectivity index (χ3v) is 6.36. The summed E-state index contributed by atoms with van der Waals surface area (Å²) in [5.41, 5.74) is 1.10. The van der Waals surface area contributed by atoms with Crippen LogP contribution in [0.5, 0.6) is 0 Å². The first-order chi connectivity index (χ1) is 11.8. The second kappa shape index (κ2) is 6.99. The zero-order chi connectivity index (χ0) is 16.4. The number of hydrogen-bond acceptors (Lipinski definition) is 6. The summed E-state index contributed by atoms with van der Waals surface area (Å²) < 4.78 is 1.24. The summed E-state index contributed by atoms with van der Waals surface area (Å²) in [6, 6.07) is 3.68. The summed E-state index contributed by atoms with van der Waals surface area (Å²) >= 11 is 3.34. The van der Waals surface area contributed by atoms with E-state index in [1.54, 1.807) is 29.3 Å². The van der Waals surface area contributed by atoms with Crippen molar-refractivity contribution in [2.75, 3.05) is 5.75 Å². The van der Waals surface area contributed by atoms with Gasteiger partial charge in [0.15, 0.2) is 5.78 Å². The molecule has 1 unspecified atom stereocenters. The Kier molecular flexibility index (Phi) is 4.58. The van der Waals surface area contributed by atoms with Gasteiger partial charge >= 0.3 is 0 Å². The monoisotopic (exact) mass is 355 g/mol. The van der Waals surface area contributed by atoms with Crippen LogP contribution in [0.3, 0.4) is 0 Å². The molecule has 2 aromatic heterocycles. The van der Waals surface area contributed by atoms with Crippen LogP contribution in [0.4, 0.5) is 0 Å². The Labute approximate surface area is 148 Å². The molecule has 6 heteroatoms. The first kappa shape index (κ1) is 15.7. The molecule has 0 bridgehead atoms. The predicted molar refractivity (Wildman–Crippen MR) is 99.9 cm³/mol. The maximum atomic E-state index is 12.4. The summed E-state index contributed by atoms with van der Waals surface area (Å²) in [4.78, 5) is 25.8. The van der Waals surface area contributed by atoms with Crippen molar-refractivity contribution in [1.82, 2.24) is 9.97 Å². The van der Waals surface area contributed by atoms with E-state index in [-0.39, 0.29) is 11.8 Å². The molecule has 1 aliphatic heterocycles. The van der Waals surface area contributed by atoms with Gasteiger partial charge in [0.2, 0.25) is 0 Å². The molecule has 4 nitrogen and oxygen atoms in total. The molecule has 24 heavy (non-hydrogen) atoms. The number of pyridine rings is 1. The number of thiazole rings is 1. The van der Waals surface area contributed by atoms with E-state index in [2.05, 4.69) is 27.1 Å². The van der Waals surface area contributed by atoms with Crippen molar-refractivity contribution in [2.24, 2.45) is 4.99 Å². The second-order valence-corrected chi connectivity index (χ2v) is 7.88. The maximum Gasteiger partial charge on any atom is 0.158 e. The minimum absolute atomic E-state index is 0.209. The Hall–Kier alpha value is -1.79. The molecule has 0 aromatic carbocycles. The van der Waals surface area contributed by atoms with Gasteiger partial charge in [0.05, 0.1) is 9.88 Å². The van der Waals surface area contributed by atoms with Crippen molar-refractivity contribution in [3.05, 3.63) is 45.0 Å². The Morgan fingerprint density at radius 3 is 3.04 bits per heavy atom. The van der Waals surface area contributed by atoms with E-state index in [0.717, 1.165) is 46.0 Å². The first-order valence-corrected chi connectivity index (χ1v) is 9.89. The number of aromatic nitrogens is 2. The van der Waals surface area contributed by atoms with Crippen LogP contribution in [0.1, 0.15) is 29.8 Å². The first-order valence-electron chi connectivity index (χ1n) is 8.09. The average molecular weight is 355 g/mol. The van der Waals surface area contributed by atoms with Gasteiger partial charge in [0.25, 0.3) is 0 Å². The van der Waals surface area contributed by atoms with Crippen molar-refractivity contribution in [2.45, 2.75) is 31.7 Å². The Balaban J connectivity index is 1.45. The molecule has 0 amide bonds. The lowest BCUT2D eigenvalue weighted by Crippen LogP contribution is -2.22. The normalized spacial score (nSPS) is 19.2. The van der Waals surface area contributed by atoms with Crippen LogP contribution in [0.2, 0.25) is 0 Å². The van der Waals surface area contributed by atoms with Crippen LogP contribution >= 0.6 is 23.1 Å². The lowest BCUT2D eigenvalue weighted by atomic mass is 10.1. The number of carbonyl (C=O) groups excluding carboxylic acids is 1. The van der Waals surface area contributed by atoms with Crippen molar-refractivity contribution in [3.63, 3.8) is 0 Å². The van der Waals surface area contributed by atoms with Gasteiger partial charge in [0, 0.05) is 24.6 Å². The second-order valence-electron chi connectivity index (χ2n) is 5.84. The Morgan fingerprint density at radius 1 is 1.29 bits per heavy atom. The summed E-state index contributed by atoms with van der Waals surface area (Å²) in [7, 11) is 0. The number of aryl methyl sites for hydroxylation is 1. The van der Waals surface area contributed by atoms with Gasteiger partial charge in [-0.3, -0.25) is 14.8 Å². The zero-order valence-corrected chi connectivity index (χ0v) is 14.8. The molecule has 122 valence electrons. The maximum absolute atomic E-state index is 12.4. The molecule has 2 aromatic rings. The molecule has 1 atom stereocenters. The van der Waals surface area contributed by atoms with Crippen LogP contribution in [0.25, 0.3) is 12.2 Å². The zero-order valence-electron chi connectivity index (χ0n) is 13.1. The van der Waals surface area contributed by atoms with Gasteiger partial charge in [-0.1, -0.05) is 18.2 Å². The van der Waals surface area contributed by atoms with E-state index < -0.39 is 0 Å². The van der Waals surface area contributed by atoms with E-state index in [0.29, 0.717) is 6.42 Å². The standard InChI is InChI=1S/C18H17N3OS2/c22-15(8-7-12-4-3-9-19-10-12)14-11-23-17(21-14)18-20-13-5-1-2-6-16(13)24-18/h3-6,9-10,14H,1-2,7-8,11H2. The predicted octanol–water partition coefficient (Wildman–Crippen LogP) is 1.96. The smallest absolute Gasteiger partial charge is 0.158 e. The Bertz CT molecular complexity index is 869. The minimum atomic E-state index is -0.226. The molecular formula is C18H17N3OS2. The summed E-state index contributed by atoms with van der Waals surface area (Å²) in [5, 5.41) is 2.97. The van der Waals surface area contributed by atoms with E-state index in [1.807, 2.05) is 18.3 Å². The van der Waals surface area contributed by atoms with E-state index in [1.165, 1.54) is 4.53 Å². The molecular weight excluding hydrogens is 338 g/mol. The van der Waals surface area contributed by atoms with Crippen LogP contribution in [0.15, 0.2) is 29.5 Å². The number of fused-ring (bicyclic) bond motifs is 1. The highest BCUT2D eigenvalue weighted by molar-refractivity contribution is 8.15. The molecule has 0 saturated heterocycles. The van der Waals surface area contributed by atoms with Crippen molar-refractivity contribution in [3.8, 4) is 0 Å². The minimum Gasteiger partial charge on any atom is -0.297 e. The number of rotatable bonds is 5. The van der Waals surface area contributed by atoms with Crippen LogP contribution in [-0.4, -0.2) is 32.6 Å². The van der Waals surface area contributed by atoms with Gasteiger partial charge in [-0.25, -0.2) is 4.98 Å². The molecule has 0 N–H and O–H groups in total. The molecule has 0 fully saturated rings. The number of aliphatic imine (C=N–C) groups is 1. The van der Waals surface area contributed by atoms with E-state index in [4.69, 9.17) is 0 Å². The number of carbonyl (C=O) groups is 1. The van der Waals surface area contributed by atoms with Crippen LogP contribution in [0, 0.1) is 0 Å². The van der Waals surface area contributed by atoms with Gasteiger partial charge in [0.1, 0.15) is 16.1 Å². The lowest BCUT2D eigenvalue weighted by Gasteiger charge is -2.04. The average Bonchev–Trinajstić information content (AvgIpc) is 3.27. The van der Waals surface area contributed by atoms with Crippen molar-refractivity contribution < 1.29 is 4.79 Å². The van der Waals surface area contributed by atoms with Gasteiger partial charge in [-0.2, -0.15) is 0 Å². The molecule has 0 saturated carbocycles. The fraction of sp³-hybridized carbons (Fsp3) is 0.333. The quantitative estimate of drug-likeness (QED) is 0.823. The molecule has 2 aliphatic rings. The largest absolute Gasteiger partial charge is 0.297 e. The third kappa shape index (κ3) is 3.35. The summed E-state index contributed by atoms with van der Waals surface area (Å²) in [5.74, 6) is 0.944. The van der Waals surface area contributed by atoms with E-state index in [9.17, 15) is 4.79 Å². The lowest BCUT2D eigenvalue weighted by molar-refractivity contribution is -0.119. The summed E-state index contributed by atoms with van der Waals surface area (Å²) in [6.45, 7) is 0.